The normalized spacial score (nSPS) is 11.1. The number of carbonyl (C=O) groups is 1. The monoisotopic (exact) mass is 382 g/mol. The number of nitriles is 1. The number of carbonyl (C=O) groups excluding carboxylic acids is 1. The average molecular weight is 382 g/mol. The van der Waals surface area contributed by atoms with Gasteiger partial charge in [-0.25, -0.2) is 0 Å². The van der Waals surface area contributed by atoms with E-state index in [1.807, 2.05) is 26.0 Å². The lowest BCUT2D eigenvalue weighted by atomic mass is 10.0. The van der Waals surface area contributed by atoms with E-state index < -0.39 is 0 Å². The molecular weight excluding hydrogens is 356 g/mol. The zero-order valence-corrected chi connectivity index (χ0v) is 17.3. The fourth-order valence-corrected chi connectivity index (χ4v) is 3.21. The summed E-state index contributed by atoms with van der Waals surface area (Å²) in [7, 11) is 4.57. The number of methoxy groups -OCH3 is 3. The Kier molecular flexibility index (Phi) is 6.89. The first-order chi connectivity index (χ1) is 13.4. The largest absolute Gasteiger partial charge is 0.496 e. The third-order valence-electron chi connectivity index (χ3n) is 4.67. The number of hydrogen-bond acceptors (Lipinski definition) is 5. The van der Waals surface area contributed by atoms with Crippen molar-refractivity contribution in [1.29, 1.82) is 5.26 Å². The minimum absolute atomic E-state index is 0.0299. The molecule has 0 radical (unpaired) electrons. The number of ether oxygens (including phenoxy) is 3. The summed E-state index contributed by atoms with van der Waals surface area (Å²) < 4.78 is 18.1. The Morgan fingerprint density at radius 2 is 1.68 bits per heavy atom. The van der Waals surface area contributed by atoms with Crippen LogP contribution in [-0.2, 0) is 6.54 Å². The minimum atomic E-state index is -0.310. The Morgan fingerprint density at radius 1 is 1.07 bits per heavy atom. The van der Waals surface area contributed by atoms with Crippen LogP contribution in [0.15, 0.2) is 23.8 Å². The summed E-state index contributed by atoms with van der Waals surface area (Å²) in [6.45, 7) is 6.79. The number of ketones is 1. The van der Waals surface area contributed by atoms with Crippen molar-refractivity contribution in [3.8, 4) is 23.3 Å². The summed E-state index contributed by atoms with van der Waals surface area (Å²) in [5, 5.41) is 9.64. The van der Waals surface area contributed by atoms with Gasteiger partial charge in [0.15, 0.2) is 11.5 Å². The van der Waals surface area contributed by atoms with Crippen LogP contribution in [-0.4, -0.2) is 31.7 Å². The Morgan fingerprint density at radius 3 is 2.21 bits per heavy atom. The average Bonchev–Trinajstić information content (AvgIpc) is 2.99. The maximum Gasteiger partial charge on any atom is 0.205 e. The fourth-order valence-electron chi connectivity index (χ4n) is 3.21. The summed E-state index contributed by atoms with van der Waals surface area (Å²) in [6, 6.07) is 7.21. The first-order valence-corrected chi connectivity index (χ1v) is 9.04. The molecule has 0 saturated heterocycles. The molecule has 0 bridgehead atoms. The van der Waals surface area contributed by atoms with E-state index >= 15 is 0 Å². The molecule has 0 unspecified atom stereocenters. The molecule has 0 N–H and O–H groups in total. The van der Waals surface area contributed by atoms with E-state index in [1.165, 1.54) is 27.4 Å². The molecule has 6 nitrogen and oxygen atoms in total. The van der Waals surface area contributed by atoms with Crippen molar-refractivity contribution in [2.24, 2.45) is 0 Å². The van der Waals surface area contributed by atoms with Crippen molar-refractivity contribution in [2.45, 2.75) is 33.7 Å². The topological polar surface area (TPSA) is 73.5 Å². The van der Waals surface area contributed by atoms with E-state index in [9.17, 15) is 10.1 Å². The Labute approximate surface area is 165 Å². The van der Waals surface area contributed by atoms with E-state index in [0.717, 1.165) is 24.4 Å². The van der Waals surface area contributed by atoms with Gasteiger partial charge in [-0.1, -0.05) is 6.92 Å². The zero-order chi connectivity index (χ0) is 20.8. The van der Waals surface area contributed by atoms with Crippen molar-refractivity contribution >= 4 is 11.9 Å². The zero-order valence-electron chi connectivity index (χ0n) is 17.3. The highest BCUT2D eigenvalue weighted by Gasteiger charge is 2.20. The van der Waals surface area contributed by atoms with Crippen molar-refractivity contribution in [2.75, 3.05) is 21.3 Å². The third-order valence-corrected chi connectivity index (χ3v) is 4.67. The van der Waals surface area contributed by atoms with Crippen molar-refractivity contribution in [3.05, 3.63) is 46.3 Å². The van der Waals surface area contributed by atoms with Crippen molar-refractivity contribution in [3.63, 3.8) is 0 Å². The van der Waals surface area contributed by atoms with Crippen LogP contribution in [0.1, 0.15) is 40.7 Å². The number of Topliss-reactive ketones (excluding diaryl/α,β-unsaturated/α-hetero) is 1. The van der Waals surface area contributed by atoms with Gasteiger partial charge in [-0.15, -0.1) is 0 Å². The van der Waals surface area contributed by atoms with Gasteiger partial charge < -0.3 is 18.8 Å². The summed E-state index contributed by atoms with van der Waals surface area (Å²) in [4.78, 5) is 13.0. The van der Waals surface area contributed by atoms with E-state index in [2.05, 4.69) is 11.5 Å². The van der Waals surface area contributed by atoms with Crippen LogP contribution in [0.5, 0.6) is 17.2 Å². The fraction of sp³-hybridized carbons (Fsp3) is 0.364. The highest BCUT2D eigenvalue weighted by atomic mass is 16.5. The first-order valence-electron chi connectivity index (χ1n) is 9.04. The molecule has 0 aliphatic rings. The van der Waals surface area contributed by atoms with Crippen molar-refractivity contribution < 1.29 is 19.0 Å². The molecule has 0 saturated carbocycles. The van der Waals surface area contributed by atoms with Gasteiger partial charge in [-0.2, -0.15) is 5.26 Å². The summed E-state index contributed by atoms with van der Waals surface area (Å²) >= 11 is 0. The number of allylic oxidation sites excluding steroid dienone is 1. The van der Waals surface area contributed by atoms with Crippen LogP contribution in [0.25, 0.3) is 6.08 Å². The predicted molar refractivity (Wildman–Crippen MR) is 108 cm³/mol. The molecular formula is C22H26N2O4. The molecule has 1 aromatic heterocycles. The first kappa shape index (κ1) is 21.1. The Hall–Kier alpha value is -3.20. The molecule has 1 aromatic carbocycles. The number of aromatic nitrogens is 1. The molecule has 148 valence electrons. The van der Waals surface area contributed by atoms with Gasteiger partial charge in [0.1, 0.15) is 17.4 Å². The number of hydrogen-bond donors (Lipinski definition) is 0. The molecule has 1 heterocycles. The van der Waals surface area contributed by atoms with E-state index in [1.54, 1.807) is 12.1 Å². The highest BCUT2D eigenvalue weighted by Crippen LogP contribution is 2.36. The molecule has 6 heteroatoms. The molecule has 2 aromatic rings. The smallest absolute Gasteiger partial charge is 0.205 e. The van der Waals surface area contributed by atoms with Crippen LogP contribution < -0.4 is 14.2 Å². The van der Waals surface area contributed by atoms with Crippen LogP contribution in [0.2, 0.25) is 0 Å². The number of benzene rings is 1. The number of nitrogens with zero attached hydrogens (tertiary/aromatic N) is 2. The maximum atomic E-state index is 13.0. The van der Waals surface area contributed by atoms with E-state index in [0.29, 0.717) is 28.4 Å². The number of aryl methyl sites for hydroxylation is 1. The SMILES string of the molecule is CCCn1c(C)cc(C(=O)/C(C#N)=C/c2cc(OC)c(OC)cc2OC)c1C. The molecule has 0 fully saturated rings. The summed E-state index contributed by atoms with van der Waals surface area (Å²) in [5.41, 5.74) is 3.00. The number of rotatable bonds is 8. The predicted octanol–water partition coefficient (Wildman–Crippen LogP) is 4.33. The Balaban J connectivity index is 2.54. The quantitative estimate of drug-likeness (QED) is 0.386. The molecule has 2 rings (SSSR count). The minimum Gasteiger partial charge on any atom is -0.496 e. The van der Waals surface area contributed by atoms with Gasteiger partial charge in [-0.3, -0.25) is 4.79 Å². The summed E-state index contributed by atoms with van der Waals surface area (Å²) in [5.74, 6) is 1.16. The van der Waals surface area contributed by atoms with Gasteiger partial charge in [0, 0.05) is 35.1 Å². The lowest BCUT2D eigenvalue weighted by molar-refractivity contribution is 0.103. The standard InChI is InChI=1S/C22H26N2O4/c1-7-8-24-14(2)9-18(15(24)3)22(25)17(13-23)10-16-11-20(27-5)21(28-6)12-19(16)26-4/h9-12H,7-8H2,1-6H3/b17-10+. The van der Waals surface area contributed by atoms with Gasteiger partial charge in [0.25, 0.3) is 0 Å². The van der Waals surface area contributed by atoms with Gasteiger partial charge in [0.05, 0.1) is 21.3 Å². The molecule has 28 heavy (non-hydrogen) atoms. The van der Waals surface area contributed by atoms with Crippen molar-refractivity contribution in [1.82, 2.24) is 4.57 Å². The second-order valence-corrected chi connectivity index (χ2v) is 6.38. The van der Waals surface area contributed by atoms with Crippen LogP contribution in [0, 0.1) is 25.2 Å². The second kappa shape index (κ2) is 9.14. The van der Waals surface area contributed by atoms with Crippen LogP contribution >= 0.6 is 0 Å². The van der Waals surface area contributed by atoms with Gasteiger partial charge >= 0.3 is 0 Å². The summed E-state index contributed by atoms with van der Waals surface area (Å²) in [6.07, 6.45) is 2.49. The van der Waals surface area contributed by atoms with E-state index in [4.69, 9.17) is 14.2 Å². The lowest BCUT2D eigenvalue weighted by Crippen LogP contribution is -2.06. The molecule has 0 aliphatic heterocycles. The third kappa shape index (κ3) is 4.04. The molecule has 0 amide bonds. The molecule has 0 spiro atoms. The Bertz CT molecular complexity index is 948. The van der Waals surface area contributed by atoms with Gasteiger partial charge in [0.2, 0.25) is 5.78 Å². The lowest BCUT2D eigenvalue weighted by Gasteiger charge is -2.12. The van der Waals surface area contributed by atoms with E-state index in [-0.39, 0.29) is 11.4 Å². The maximum absolute atomic E-state index is 13.0. The van der Waals surface area contributed by atoms with Gasteiger partial charge in [-0.05, 0) is 38.5 Å². The second-order valence-electron chi connectivity index (χ2n) is 6.38. The van der Waals surface area contributed by atoms with Crippen LogP contribution in [0.3, 0.4) is 0 Å². The highest BCUT2D eigenvalue weighted by molar-refractivity contribution is 6.15. The molecule has 0 atom stereocenters. The van der Waals surface area contributed by atoms with Crippen LogP contribution in [0.4, 0.5) is 0 Å². The molecule has 0 aliphatic carbocycles.